The van der Waals surface area contributed by atoms with E-state index >= 15 is 0 Å². The molecule has 8 nitrogen and oxygen atoms in total. The summed E-state index contributed by atoms with van der Waals surface area (Å²) in [5.74, 6) is 0.513. The van der Waals surface area contributed by atoms with Gasteiger partial charge >= 0.3 is 5.97 Å². The highest BCUT2D eigenvalue weighted by molar-refractivity contribution is 6.32. The van der Waals surface area contributed by atoms with Gasteiger partial charge in [0.1, 0.15) is 5.02 Å². The zero-order valence-corrected chi connectivity index (χ0v) is 13.7. The fraction of sp³-hybridized carbons (Fsp3) is 0.0588. The molecule has 2 aliphatic rings. The minimum Gasteiger partial charge on any atom is -0.454 e. The highest BCUT2D eigenvalue weighted by atomic mass is 35.5. The number of fused-ring (bicyclic) bond motifs is 1. The van der Waals surface area contributed by atoms with Crippen LogP contribution >= 0.6 is 11.6 Å². The summed E-state index contributed by atoms with van der Waals surface area (Å²) in [6, 6.07) is 9.23. The maximum Gasteiger partial charge on any atom is 0.363 e. The second-order valence-corrected chi connectivity index (χ2v) is 5.78. The average molecular weight is 373 g/mol. The lowest BCUT2D eigenvalue weighted by Gasteiger charge is -2.00. The molecule has 0 fully saturated rings. The summed E-state index contributed by atoms with van der Waals surface area (Å²) in [6.45, 7) is 0.148. The van der Waals surface area contributed by atoms with E-state index in [1.807, 2.05) is 0 Å². The second kappa shape index (κ2) is 6.16. The fourth-order valence-corrected chi connectivity index (χ4v) is 2.67. The van der Waals surface area contributed by atoms with Crippen molar-refractivity contribution in [2.45, 2.75) is 0 Å². The van der Waals surface area contributed by atoms with E-state index in [0.717, 1.165) is 0 Å². The van der Waals surface area contributed by atoms with Gasteiger partial charge in [0.2, 0.25) is 12.7 Å². The summed E-state index contributed by atoms with van der Waals surface area (Å²) in [5.41, 5.74) is 0.726. The van der Waals surface area contributed by atoms with Crippen LogP contribution in [-0.2, 0) is 9.53 Å². The second-order valence-electron chi connectivity index (χ2n) is 5.37. The first-order chi connectivity index (χ1) is 12.5. The molecular formula is C17H9ClN2O6. The molecule has 0 atom stereocenters. The van der Waals surface area contributed by atoms with Gasteiger partial charge in [0.15, 0.2) is 17.2 Å². The molecule has 0 amide bonds. The Morgan fingerprint density at radius 1 is 1.15 bits per heavy atom. The Labute approximate surface area is 151 Å². The minimum atomic E-state index is -0.657. The van der Waals surface area contributed by atoms with E-state index in [-0.39, 0.29) is 34.7 Å². The van der Waals surface area contributed by atoms with Gasteiger partial charge in [-0.25, -0.2) is 9.79 Å². The number of nitrogens with zero attached hydrogens (tertiary/aromatic N) is 2. The van der Waals surface area contributed by atoms with E-state index in [2.05, 4.69) is 4.99 Å². The van der Waals surface area contributed by atoms with Crippen molar-refractivity contribution in [1.29, 1.82) is 0 Å². The predicted octanol–water partition coefficient (Wildman–Crippen LogP) is 3.32. The van der Waals surface area contributed by atoms with Crippen molar-refractivity contribution in [2.75, 3.05) is 6.79 Å². The molecule has 0 saturated carbocycles. The number of cyclic esters (lactones) is 1. The van der Waals surface area contributed by atoms with Gasteiger partial charge in [-0.3, -0.25) is 10.1 Å². The molecule has 2 aromatic rings. The lowest BCUT2D eigenvalue weighted by Crippen LogP contribution is -2.06. The van der Waals surface area contributed by atoms with Crippen LogP contribution in [0.3, 0.4) is 0 Å². The van der Waals surface area contributed by atoms with Crippen LogP contribution in [0.2, 0.25) is 5.02 Å². The van der Waals surface area contributed by atoms with Crippen molar-refractivity contribution in [3.63, 3.8) is 0 Å². The molecule has 0 N–H and O–H groups in total. The number of hydrogen-bond acceptors (Lipinski definition) is 7. The number of halogens is 1. The third-order valence-corrected chi connectivity index (χ3v) is 4.03. The van der Waals surface area contributed by atoms with E-state index in [1.165, 1.54) is 24.3 Å². The maximum absolute atomic E-state index is 12.1. The Morgan fingerprint density at radius 2 is 1.96 bits per heavy atom. The smallest absolute Gasteiger partial charge is 0.363 e. The summed E-state index contributed by atoms with van der Waals surface area (Å²) < 4.78 is 15.6. The normalized spacial score (nSPS) is 16.6. The van der Waals surface area contributed by atoms with Crippen molar-refractivity contribution in [3.05, 3.63) is 68.4 Å². The third-order valence-electron chi connectivity index (χ3n) is 3.71. The summed E-state index contributed by atoms with van der Waals surface area (Å²) in [6.07, 6.45) is 1.53. The molecule has 2 aliphatic heterocycles. The molecule has 2 aromatic carbocycles. The zero-order valence-electron chi connectivity index (χ0n) is 13.0. The first-order valence-corrected chi connectivity index (χ1v) is 7.75. The number of hydrogen-bond donors (Lipinski definition) is 0. The summed E-state index contributed by atoms with van der Waals surface area (Å²) in [4.78, 5) is 26.6. The number of nitro benzene ring substituents is 1. The van der Waals surface area contributed by atoms with Gasteiger partial charge in [0.25, 0.3) is 5.69 Å². The van der Waals surface area contributed by atoms with Gasteiger partial charge in [0.05, 0.1) is 4.92 Å². The Kier molecular flexibility index (Phi) is 3.81. The molecule has 2 heterocycles. The van der Waals surface area contributed by atoms with Crippen molar-refractivity contribution < 1.29 is 23.9 Å². The van der Waals surface area contributed by atoms with Gasteiger partial charge in [-0.2, -0.15) is 0 Å². The van der Waals surface area contributed by atoms with Crippen LogP contribution in [0, 0.1) is 10.1 Å². The Balaban J connectivity index is 1.67. The lowest BCUT2D eigenvalue weighted by atomic mass is 10.1. The van der Waals surface area contributed by atoms with Crippen LogP contribution in [0.1, 0.15) is 11.1 Å². The van der Waals surface area contributed by atoms with Crippen LogP contribution < -0.4 is 9.47 Å². The van der Waals surface area contributed by atoms with Crippen LogP contribution in [0.15, 0.2) is 47.1 Å². The summed E-state index contributed by atoms with van der Waals surface area (Å²) in [7, 11) is 0. The number of aliphatic imine (C=N–C) groups is 1. The quantitative estimate of drug-likeness (QED) is 0.354. The van der Waals surface area contributed by atoms with E-state index in [1.54, 1.807) is 18.2 Å². The zero-order chi connectivity index (χ0) is 18.3. The molecule has 0 aliphatic carbocycles. The van der Waals surface area contributed by atoms with E-state index in [9.17, 15) is 14.9 Å². The molecule has 0 spiro atoms. The number of rotatable bonds is 3. The van der Waals surface area contributed by atoms with E-state index < -0.39 is 10.9 Å². The maximum atomic E-state index is 12.1. The van der Waals surface area contributed by atoms with Gasteiger partial charge in [0, 0.05) is 11.6 Å². The van der Waals surface area contributed by atoms with Crippen LogP contribution in [0.25, 0.3) is 6.08 Å². The van der Waals surface area contributed by atoms with Crippen LogP contribution in [0.5, 0.6) is 11.5 Å². The number of carbonyl (C=O) groups is 1. The van der Waals surface area contributed by atoms with Crippen molar-refractivity contribution in [1.82, 2.24) is 0 Å². The summed E-state index contributed by atoms with van der Waals surface area (Å²) in [5, 5.41) is 11.0. The van der Waals surface area contributed by atoms with E-state index in [0.29, 0.717) is 17.1 Å². The van der Waals surface area contributed by atoms with Crippen molar-refractivity contribution in [3.8, 4) is 11.5 Å². The Bertz CT molecular complexity index is 1010. The topological polar surface area (TPSA) is 100 Å². The first kappa shape index (κ1) is 16.1. The van der Waals surface area contributed by atoms with Gasteiger partial charge in [-0.1, -0.05) is 17.7 Å². The number of carbonyl (C=O) groups excluding carboxylic acids is 1. The number of esters is 1. The highest BCUT2D eigenvalue weighted by Gasteiger charge is 2.26. The molecule has 4 rings (SSSR count). The molecule has 0 aromatic heterocycles. The number of nitro groups is 1. The fourth-order valence-electron chi connectivity index (χ4n) is 2.48. The molecule has 0 unspecified atom stereocenters. The van der Waals surface area contributed by atoms with Crippen LogP contribution in [0.4, 0.5) is 5.69 Å². The average Bonchev–Trinajstić information content (AvgIpc) is 3.21. The molecule has 0 bridgehead atoms. The van der Waals surface area contributed by atoms with Crippen molar-refractivity contribution in [2.24, 2.45) is 4.99 Å². The third kappa shape index (κ3) is 2.86. The largest absolute Gasteiger partial charge is 0.454 e. The monoisotopic (exact) mass is 372 g/mol. The predicted molar refractivity (Wildman–Crippen MR) is 91.3 cm³/mol. The SMILES string of the molecule is O=C1OC(c2ccc(Cl)c([N+](=O)[O-])c2)=N/C1=C/c1ccc2c(c1)OCO2. The Hall–Kier alpha value is -3.39. The molecule has 0 saturated heterocycles. The summed E-state index contributed by atoms with van der Waals surface area (Å²) >= 11 is 5.79. The lowest BCUT2D eigenvalue weighted by molar-refractivity contribution is -0.384. The molecule has 0 radical (unpaired) electrons. The highest BCUT2D eigenvalue weighted by Crippen LogP contribution is 2.33. The van der Waals surface area contributed by atoms with Crippen molar-refractivity contribution >= 4 is 35.2 Å². The van der Waals surface area contributed by atoms with Gasteiger partial charge in [-0.15, -0.1) is 0 Å². The minimum absolute atomic E-state index is 0.0141. The van der Waals surface area contributed by atoms with Gasteiger partial charge in [-0.05, 0) is 35.9 Å². The number of ether oxygens (including phenoxy) is 3. The molecular weight excluding hydrogens is 364 g/mol. The molecule has 130 valence electrons. The number of benzene rings is 2. The molecule has 9 heteroatoms. The van der Waals surface area contributed by atoms with Gasteiger partial charge < -0.3 is 14.2 Å². The standard InChI is InChI=1S/C17H9ClN2O6/c18-11-3-2-10(7-13(11)20(22)23)16-19-12(17(21)26-16)5-9-1-4-14-15(6-9)25-8-24-14/h1-7H,8H2/b12-5+. The first-order valence-electron chi connectivity index (χ1n) is 7.38. The van der Waals surface area contributed by atoms with Crippen LogP contribution in [-0.4, -0.2) is 23.6 Å². The van der Waals surface area contributed by atoms with E-state index in [4.69, 9.17) is 25.8 Å². The molecule has 26 heavy (non-hydrogen) atoms. The Morgan fingerprint density at radius 3 is 2.77 bits per heavy atom.